The quantitative estimate of drug-likeness (QED) is 0.0195. The molecule has 0 saturated carbocycles. The van der Waals surface area contributed by atoms with E-state index < -0.39 is 26.5 Å². The molecule has 0 rings (SSSR count). The van der Waals surface area contributed by atoms with Crippen LogP contribution < -0.4 is 4.89 Å². The molecule has 0 N–H and O–H groups in total. The van der Waals surface area contributed by atoms with Crippen molar-refractivity contribution in [2.45, 2.75) is 315 Å². The number of ether oxygens (including phenoxy) is 2. The molecule has 0 bridgehead atoms. The largest absolute Gasteiger partial charge is 0.756 e. The topological polar surface area (TPSA) is 111 Å². The second kappa shape index (κ2) is 79.7. The van der Waals surface area contributed by atoms with E-state index in [9.17, 15) is 19.0 Å². The molecule has 9 nitrogen and oxygen atoms in total. The van der Waals surface area contributed by atoms with Crippen molar-refractivity contribution in [3.63, 3.8) is 0 Å². The zero-order valence-electron chi connectivity index (χ0n) is 65.7. The van der Waals surface area contributed by atoms with Crippen molar-refractivity contribution in [1.29, 1.82) is 0 Å². The van der Waals surface area contributed by atoms with Crippen molar-refractivity contribution in [3.05, 3.63) is 207 Å². The summed E-state index contributed by atoms with van der Waals surface area (Å²) in [5.74, 6) is -0.842. The minimum absolute atomic E-state index is 0.0399. The first kappa shape index (κ1) is 96.6. The van der Waals surface area contributed by atoms with Crippen LogP contribution in [0.25, 0.3) is 0 Å². The third-order valence-electron chi connectivity index (χ3n) is 16.8. The molecule has 576 valence electrons. The summed E-state index contributed by atoms with van der Waals surface area (Å²) in [4.78, 5) is 38.2. The van der Waals surface area contributed by atoms with Gasteiger partial charge < -0.3 is 27.9 Å². The SMILES string of the molecule is CC/C=C\C/C=C\C/C=C\C/C=C\C/C=C\C/C=C\C/C=C\C/C=C\C/C=C\CCCCCCCCCCCCCC(=O)OC(COC(=O)CCCCCCCCCCCCCCCC/C=C\C/C=C\C/C=C\C/C=C\C/C=C\C/C=C\C/C=C\C/C=C\CC)COP(=O)([O-])OCC[N+](C)(C)C. The lowest BCUT2D eigenvalue weighted by Gasteiger charge is -2.28. The lowest BCUT2D eigenvalue weighted by atomic mass is 10.0. The van der Waals surface area contributed by atoms with E-state index in [1.807, 2.05) is 21.1 Å². The van der Waals surface area contributed by atoms with Gasteiger partial charge in [-0.2, -0.15) is 0 Å². The molecule has 0 aliphatic heterocycles. The van der Waals surface area contributed by atoms with Crippen LogP contribution in [0.5, 0.6) is 0 Å². The summed E-state index contributed by atoms with van der Waals surface area (Å²) in [6.45, 7) is 4.01. The number of phosphoric acid groups is 1. The number of likely N-dealkylation sites (N-methyl/N-ethyl adjacent to an activating group) is 1. The van der Waals surface area contributed by atoms with Crippen LogP contribution in [0.1, 0.15) is 309 Å². The number of nitrogens with zero attached hydrogens (tertiary/aromatic N) is 1. The molecule has 0 spiro atoms. The predicted octanol–water partition coefficient (Wildman–Crippen LogP) is 27.1. The molecule has 0 saturated heterocycles. The fourth-order valence-electron chi connectivity index (χ4n) is 10.7. The van der Waals surface area contributed by atoms with Gasteiger partial charge in [-0.1, -0.05) is 355 Å². The maximum atomic E-state index is 12.9. The molecule has 2 unspecified atom stereocenters. The van der Waals surface area contributed by atoms with Gasteiger partial charge in [0.05, 0.1) is 27.7 Å². The Balaban J connectivity index is 4.05. The lowest BCUT2D eigenvalue weighted by Crippen LogP contribution is -2.37. The molecular formula is C92H150NO8P. The number of hydrogen-bond acceptors (Lipinski definition) is 8. The van der Waals surface area contributed by atoms with Crippen LogP contribution in [-0.4, -0.2) is 70.0 Å². The van der Waals surface area contributed by atoms with E-state index in [1.165, 1.54) is 116 Å². The molecule has 0 amide bonds. The van der Waals surface area contributed by atoms with Crippen molar-refractivity contribution in [3.8, 4) is 0 Å². The summed E-state index contributed by atoms with van der Waals surface area (Å²) in [5.41, 5.74) is 0. The van der Waals surface area contributed by atoms with E-state index in [4.69, 9.17) is 18.5 Å². The number of carbonyl (C=O) groups excluding carboxylic acids is 2. The number of hydrogen-bond donors (Lipinski definition) is 0. The van der Waals surface area contributed by atoms with Crippen LogP contribution in [0.15, 0.2) is 207 Å². The zero-order valence-corrected chi connectivity index (χ0v) is 66.6. The molecule has 2 atom stereocenters. The zero-order chi connectivity index (χ0) is 74.0. The molecule has 0 aliphatic rings. The van der Waals surface area contributed by atoms with Gasteiger partial charge in [0.2, 0.25) is 0 Å². The molecule has 0 radical (unpaired) electrons. The van der Waals surface area contributed by atoms with Crippen molar-refractivity contribution in [2.75, 3.05) is 47.5 Å². The standard InChI is InChI=1S/C92H150NO8P/c1-6-8-10-12-14-16-18-20-22-24-26-28-30-32-34-36-38-40-42-44-46-48-50-52-54-56-58-60-62-64-66-68-70-72-74-76-78-80-82-84-91(94)98-88-90(89-100-102(96,97)99-87-86-93(3,4)5)101-92(95)85-83-81-79-77-75-73-71-69-67-65-63-61-59-57-55-53-51-49-47-45-43-41-39-37-35-33-31-29-27-25-23-21-19-17-15-13-11-9-7-2/h8-11,14-17,20-23,26-29,32-35,38-41,44-47,50-53,57,59,90H,6-7,12-13,18-19,24-25,30-31,36-37,42-43,48-49,54-56,58,60-89H2,1-5H3/b10-8-,11-9-,16-14-,17-15-,22-20-,23-21-,28-26-,29-27-,34-32-,35-33-,40-38-,41-39-,46-44-,47-45-,52-50-,53-51-,59-57-. The van der Waals surface area contributed by atoms with Gasteiger partial charge in [0.1, 0.15) is 19.8 Å². The second-order valence-electron chi connectivity index (χ2n) is 27.7. The molecule has 102 heavy (non-hydrogen) atoms. The first-order valence-corrected chi connectivity index (χ1v) is 42.3. The molecule has 0 aromatic carbocycles. The Kier molecular flexibility index (Phi) is 75.5. The highest BCUT2D eigenvalue weighted by molar-refractivity contribution is 7.45. The Morgan fingerprint density at radius 2 is 0.529 bits per heavy atom. The predicted molar refractivity (Wildman–Crippen MR) is 442 cm³/mol. The summed E-state index contributed by atoms with van der Waals surface area (Å²) in [6.07, 6.45) is 125. The number of unbranched alkanes of at least 4 members (excludes halogenated alkanes) is 25. The Morgan fingerprint density at radius 3 is 0.784 bits per heavy atom. The van der Waals surface area contributed by atoms with Crippen molar-refractivity contribution in [2.24, 2.45) is 0 Å². The number of allylic oxidation sites excluding steroid dienone is 34. The fraction of sp³-hybridized carbons (Fsp3) is 0.609. The van der Waals surface area contributed by atoms with E-state index in [1.54, 1.807) is 0 Å². The van der Waals surface area contributed by atoms with Crippen LogP contribution in [0, 0.1) is 0 Å². The average Bonchev–Trinajstić information content (AvgIpc) is 0.914. The van der Waals surface area contributed by atoms with Crippen molar-refractivity contribution in [1.82, 2.24) is 0 Å². The normalized spacial score (nSPS) is 14.1. The average molecular weight is 1430 g/mol. The molecular weight excluding hydrogens is 1280 g/mol. The van der Waals surface area contributed by atoms with Gasteiger partial charge in [0.25, 0.3) is 7.82 Å². The molecule has 0 heterocycles. The molecule has 0 aromatic rings. The van der Waals surface area contributed by atoms with Crippen LogP contribution in [0.4, 0.5) is 0 Å². The second-order valence-corrected chi connectivity index (χ2v) is 29.1. The van der Waals surface area contributed by atoms with E-state index in [0.717, 1.165) is 161 Å². The van der Waals surface area contributed by atoms with Gasteiger partial charge in [-0.15, -0.1) is 0 Å². The number of esters is 2. The molecule has 10 heteroatoms. The van der Waals surface area contributed by atoms with Crippen molar-refractivity contribution >= 4 is 19.8 Å². The summed E-state index contributed by atoms with van der Waals surface area (Å²) >= 11 is 0. The van der Waals surface area contributed by atoms with E-state index >= 15 is 0 Å². The van der Waals surface area contributed by atoms with Gasteiger partial charge in [-0.3, -0.25) is 14.2 Å². The van der Waals surface area contributed by atoms with Gasteiger partial charge in [0.15, 0.2) is 6.10 Å². The minimum atomic E-state index is -4.66. The Bertz CT molecular complexity index is 2480. The summed E-state index contributed by atoms with van der Waals surface area (Å²) in [5, 5.41) is 0. The van der Waals surface area contributed by atoms with Gasteiger partial charge in [0, 0.05) is 12.8 Å². The molecule has 0 aromatic heterocycles. The third kappa shape index (κ3) is 83.5. The molecule has 0 fully saturated rings. The van der Waals surface area contributed by atoms with E-state index in [-0.39, 0.29) is 32.0 Å². The van der Waals surface area contributed by atoms with Crippen LogP contribution in [0.2, 0.25) is 0 Å². The number of phosphoric ester groups is 1. The Morgan fingerprint density at radius 1 is 0.304 bits per heavy atom. The highest BCUT2D eigenvalue weighted by Gasteiger charge is 2.22. The maximum Gasteiger partial charge on any atom is 0.306 e. The molecule has 0 aliphatic carbocycles. The smallest absolute Gasteiger partial charge is 0.306 e. The highest BCUT2D eigenvalue weighted by atomic mass is 31.2. The van der Waals surface area contributed by atoms with E-state index in [0.29, 0.717) is 17.4 Å². The number of rotatable bonds is 73. The van der Waals surface area contributed by atoms with Crippen LogP contribution in [0.3, 0.4) is 0 Å². The van der Waals surface area contributed by atoms with E-state index in [2.05, 4.69) is 220 Å². The summed E-state index contributed by atoms with van der Waals surface area (Å²) in [6, 6.07) is 0. The van der Waals surface area contributed by atoms with Gasteiger partial charge in [-0.05, 0) is 148 Å². The monoisotopic (exact) mass is 1430 g/mol. The van der Waals surface area contributed by atoms with Crippen LogP contribution in [-0.2, 0) is 32.7 Å². The van der Waals surface area contributed by atoms with Gasteiger partial charge >= 0.3 is 11.9 Å². The van der Waals surface area contributed by atoms with Gasteiger partial charge in [-0.25, -0.2) is 0 Å². The summed E-state index contributed by atoms with van der Waals surface area (Å²) < 4.78 is 34.4. The highest BCUT2D eigenvalue weighted by Crippen LogP contribution is 2.38. The Hall–Kier alpha value is -5.41. The number of quaternary nitrogens is 1. The summed E-state index contributed by atoms with van der Waals surface area (Å²) in [7, 11) is 1.15. The lowest BCUT2D eigenvalue weighted by molar-refractivity contribution is -0.870. The first-order chi connectivity index (χ1) is 50.0. The number of carbonyl (C=O) groups is 2. The first-order valence-electron chi connectivity index (χ1n) is 40.8. The Labute approximate surface area is 627 Å². The fourth-order valence-corrected chi connectivity index (χ4v) is 11.4. The van der Waals surface area contributed by atoms with Crippen molar-refractivity contribution < 1.29 is 42.1 Å². The third-order valence-corrected chi connectivity index (χ3v) is 17.8. The van der Waals surface area contributed by atoms with Crippen LogP contribution >= 0.6 is 7.82 Å². The maximum absolute atomic E-state index is 12.9. The minimum Gasteiger partial charge on any atom is -0.756 e.